The van der Waals surface area contributed by atoms with E-state index in [0.29, 0.717) is 5.75 Å². The molecular weight excluding hydrogens is 313 g/mol. The SMILES string of the molecule is O=C(CSCc1cccs1)Nc1cccc(F)c1C(=O)O. The van der Waals surface area contributed by atoms with Gasteiger partial charge in [-0.15, -0.1) is 23.1 Å². The zero-order chi connectivity index (χ0) is 15.2. The molecule has 0 atom stereocenters. The molecule has 110 valence electrons. The summed E-state index contributed by atoms with van der Waals surface area (Å²) in [5, 5.41) is 13.4. The smallest absolute Gasteiger partial charge is 0.340 e. The monoisotopic (exact) mass is 325 g/mol. The molecule has 0 bridgehead atoms. The van der Waals surface area contributed by atoms with Crippen LogP contribution in [0, 0.1) is 5.82 Å². The van der Waals surface area contributed by atoms with E-state index in [4.69, 9.17) is 5.11 Å². The normalized spacial score (nSPS) is 10.3. The van der Waals surface area contributed by atoms with E-state index in [2.05, 4.69) is 5.32 Å². The molecule has 1 aromatic heterocycles. The van der Waals surface area contributed by atoms with E-state index in [1.165, 1.54) is 23.9 Å². The molecule has 0 unspecified atom stereocenters. The van der Waals surface area contributed by atoms with Gasteiger partial charge in [-0.05, 0) is 23.6 Å². The maximum Gasteiger partial charge on any atom is 0.340 e. The molecule has 0 radical (unpaired) electrons. The van der Waals surface area contributed by atoms with E-state index in [-0.39, 0.29) is 17.3 Å². The average molecular weight is 325 g/mol. The largest absolute Gasteiger partial charge is 0.478 e. The molecule has 2 aromatic rings. The third-order valence-corrected chi connectivity index (χ3v) is 4.60. The molecule has 0 saturated heterocycles. The summed E-state index contributed by atoms with van der Waals surface area (Å²) in [6.07, 6.45) is 0. The van der Waals surface area contributed by atoms with Gasteiger partial charge in [-0.1, -0.05) is 12.1 Å². The first-order valence-electron chi connectivity index (χ1n) is 5.99. The van der Waals surface area contributed by atoms with Gasteiger partial charge >= 0.3 is 5.97 Å². The molecule has 0 fully saturated rings. The van der Waals surface area contributed by atoms with E-state index in [1.807, 2.05) is 17.5 Å². The van der Waals surface area contributed by atoms with Crippen molar-refractivity contribution in [2.45, 2.75) is 5.75 Å². The minimum absolute atomic E-state index is 0.0239. The topological polar surface area (TPSA) is 66.4 Å². The Labute approximate surface area is 129 Å². The van der Waals surface area contributed by atoms with Crippen LogP contribution in [0.15, 0.2) is 35.7 Å². The first-order chi connectivity index (χ1) is 10.1. The lowest BCUT2D eigenvalue weighted by Crippen LogP contribution is -2.17. The number of amides is 1. The first kappa shape index (κ1) is 15.5. The molecule has 21 heavy (non-hydrogen) atoms. The van der Waals surface area contributed by atoms with Crippen LogP contribution >= 0.6 is 23.1 Å². The highest BCUT2D eigenvalue weighted by atomic mass is 32.2. The van der Waals surface area contributed by atoms with Gasteiger partial charge in [0.05, 0.1) is 11.4 Å². The maximum atomic E-state index is 13.5. The highest BCUT2D eigenvalue weighted by Gasteiger charge is 2.17. The van der Waals surface area contributed by atoms with E-state index in [1.54, 1.807) is 11.3 Å². The van der Waals surface area contributed by atoms with Gasteiger partial charge in [0.1, 0.15) is 11.4 Å². The summed E-state index contributed by atoms with van der Waals surface area (Å²) < 4.78 is 13.5. The van der Waals surface area contributed by atoms with Crippen LogP contribution in [0.4, 0.5) is 10.1 Å². The summed E-state index contributed by atoms with van der Waals surface area (Å²) in [4.78, 5) is 23.9. The van der Waals surface area contributed by atoms with E-state index in [9.17, 15) is 14.0 Å². The van der Waals surface area contributed by atoms with Crippen LogP contribution < -0.4 is 5.32 Å². The number of benzene rings is 1. The van der Waals surface area contributed by atoms with Gasteiger partial charge in [-0.2, -0.15) is 0 Å². The Kier molecular flexibility index (Phi) is 5.35. The maximum absolute atomic E-state index is 13.5. The number of carboxylic acid groups (broad SMARTS) is 1. The Morgan fingerprint density at radius 1 is 1.29 bits per heavy atom. The van der Waals surface area contributed by atoms with Crippen molar-refractivity contribution < 1.29 is 19.1 Å². The first-order valence-corrected chi connectivity index (χ1v) is 8.03. The fraction of sp³-hybridized carbons (Fsp3) is 0.143. The molecular formula is C14H12FNO3S2. The zero-order valence-corrected chi connectivity index (χ0v) is 12.5. The Bertz CT molecular complexity index is 644. The van der Waals surface area contributed by atoms with Gasteiger partial charge in [-0.3, -0.25) is 4.79 Å². The summed E-state index contributed by atoms with van der Waals surface area (Å²) >= 11 is 3.02. The number of thioether (sulfide) groups is 1. The van der Waals surface area contributed by atoms with Crippen LogP contribution in [0.1, 0.15) is 15.2 Å². The summed E-state index contributed by atoms with van der Waals surface area (Å²) in [5.74, 6) is -1.75. The molecule has 1 aromatic carbocycles. The molecule has 0 saturated carbocycles. The summed E-state index contributed by atoms with van der Waals surface area (Å²) in [5.41, 5.74) is -0.543. The van der Waals surface area contributed by atoms with Crippen molar-refractivity contribution in [1.29, 1.82) is 0 Å². The highest BCUT2D eigenvalue weighted by Crippen LogP contribution is 2.20. The van der Waals surface area contributed by atoms with Crippen molar-refractivity contribution in [2.75, 3.05) is 11.1 Å². The molecule has 0 spiro atoms. The van der Waals surface area contributed by atoms with Crippen molar-refractivity contribution in [1.82, 2.24) is 0 Å². The van der Waals surface area contributed by atoms with Gasteiger partial charge in [0.25, 0.3) is 0 Å². The van der Waals surface area contributed by atoms with E-state index < -0.39 is 17.3 Å². The number of aromatic carboxylic acids is 1. The van der Waals surface area contributed by atoms with Crippen molar-refractivity contribution >= 4 is 40.7 Å². The number of nitrogens with one attached hydrogen (secondary N) is 1. The third-order valence-electron chi connectivity index (χ3n) is 2.56. The van der Waals surface area contributed by atoms with Gasteiger partial charge in [0.2, 0.25) is 5.91 Å². The Hall–Kier alpha value is -1.86. The number of rotatable bonds is 6. The van der Waals surface area contributed by atoms with Crippen LogP contribution in [0.3, 0.4) is 0 Å². The molecule has 0 aliphatic carbocycles. The number of anilines is 1. The Balaban J connectivity index is 1.93. The van der Waals surface area contributed by atoms with E-state index >= 15 is 0 Å². The molecule has 0 aliphatic heterocycles. The third kappa shape index (κ3) is 4.30. The van der Waals surface area contributed by atoms with Gasteiger partial charge in [-0.25, -0.2) is 9.18 Å². The molecule has 7 heteroatoms. The predicted molar refractivity (Wildman–Crippen MR) is 82.5 cm³/mol. The van der Waals surface area contributed by atoms with Crippen molar-refractivity contribution in [2.24, 2.45) is 0 Å². The number of thiophene rings is 1. The van der Waals surface area contributed by atoms with Gasteiger partial charge < -0.3 is 10.4 Å². The average Bonchev–Trinajstić information content (AvgIpc) is 2.91. The quantitative estimate of drug-likeness (QED) is 0.853. The van der Waals surface area contributed by atoms with Crippen molar-refractivity contribution in [3.05, 3.63) is 52.0 Å². The lowest BCUT2D eigenvalue weighted by atomic mass is 10.1. The molecule has 2 rings (SSSR count). The lowest BCUT2D eigenvalue weighted by molar-refractivity contribution is -0.113. The highest BCUT2D eigenvalue weighted by molar-refractivity contribution is 7.99. The Morgan fingerprint density at radius 2 is 2.10 bits per heavy atom. The zero-order valence-electron chi connectivity index (χ0n) is 10.8. The molecule has 0 aliphatic rings. The molecule has 1 amide bonds. The summed E-state index contributed by atoms with van der Waals surface area (Å²) in [6, 6.07) is 7.69. The van der Waals surface area contributed by atoms with Crippen LogP contribution in [0.2, 0.25) is 0 Å². The second-order valence-electron chi connectivity index (χ2n) is 4.09. The standard InChI is InChI=1S/C14H12FNO3S2/c15-10-4-1-5-11(13(10)14(18)19)16-12(17)8-20-7-9-3-2-6-21-9/h1-6H,7-8H2,(H,16,17)(H,18,19). The van der Waals surface area contributed by atoms with Crippen LogP contribution in [-0.2, 0) is 10.5 Å². The minimum atomic E-state index is -1.41. The van der Waals surface area contributed by atoms with Crippen LogP contribution in [0.5, 0.6) is 0 Å². The number of halogens is 1. The minimum Gasteiger partial charge on any atom is -0.478 e. The Morgan fingerprint density at radius 3 is 2.76 bits per heavy atom. The van der Waals surface area contributed by atoms with Crippen molar-refractivity contribution in [3.63, 3.8) is 0 Å². The van der Waals surface area contributed by atoms with Gasteiger partial charge in [0.15, 0.2) is 0 Å². The second-order valence-corrected chi connectivity index (χ2v) is 6.11. The van der Waals surface area contributed by atoms with Gasteiger partial charge in [0, 0.05) is 10.6 Å². The fourth-order valence-corrected chi connectivity index (χ4v) is 3.34. The number of hydrogen-bond acceptors (Lipinski definition) is 4. The van der Waals surface area contributed by atoms with Crippen molar-refractivity contribution in [3.8, 4) is 0 Å². The number of hydrogen-bond donors (Lipinski definition) is 2. The molecule has 4 nitrogen and oxygen atoms in total. The molecule has 2 N–H and O–H groups in total. The fourth-order valence-electron chi connectivity index (χ4n) is 1.67. The second kappa shape index (κ2) is 7.24. The molecule has 1 heterocycles. The summed E-state index contributed by atoms with van der Waals surface area (Å²) in [6.45, 7) is 0. The predicted octanol–water partition coefficient (Wildman–Crippen LogP) is 3.46. The number of carbonyl (C=O) groups is 2. The lowest BCUT2D eigenvalue weighted by Gasteiger charge is -2.08. The number of carboxylic acids is 1. The van der Waals surface area contributed by atoms with Crippen LogP contribution in [0.25, 0.3) is 0 Å². The van der Waals surface area contributed by atoms with E-state index in [0.717, 1.165) is 10.9 Å². The summed E-state index contributed by atoms with van der Waals surface area (Å²) in [7, 11) is 0. The number of carbonyl (C=O) groups excluding carboxylic acids is 1. The van der Waals surface area contributed by atoms with Crippen LogP contribution in [-0.4, -0.2) is 22.7 Å².